The van der Waals surface area contributed by atoms with Crippen LogP contribution in [0.4, 0.5) is 17.1 Å². The minimum Gasteiger partial charge on any atom is -0.505 e. The van der Waals surface area contributed by atoms with Gasteiger partial charge in [-0.25, -0.2) is 0 Å². The molecule has 0 aliphatic rings. The molecule has 4 rings (SSSR count). The Labute approximate surface area is 224 Å². The average molecular weight is 554 g/mol. The first-order valence-corrected chi connectivity index (χ1v) is 13.4. The molecule has 0 heterocycles. The number of ether oxygens (including phenoxy) is 1. The highest BCUT2D eigenvalue weighted by Gasteiger charge is 2.22. The summed E-state index contributed by atoms with van der Waals surface area (Å²) >= 11 is 6.28. The van der Waals surface area contributed by atoms with Crippen molar-refractivity contribution in [3.8, 4) is 11.5 Å². The van der Waals surface area contributed by atoms with Crippen LogP contribution in [-0.2, 0) is 16.5 Å². The number of amides is 1. The molecule has 196 valence electrons. The van der Waals surface area contributed by atoms with Gasteiger partial charge in [0.15, 0.2) is 5.75 Å². The molecule has 0 aromatic heterocycles. The second kappa shape index (κ2) is 11.2. The summed E-state index contributed by atoms with van der Waals surface area (Å²) in [6, 6.07) is 18.0. The van der Waals surface area contributed by atoms with Crippen LogP contribution in [0.3, 0.4) is 0 Å². The number of nitrogens with zero attached hydrogens (tertiary/aromatic N) is 2. The summed E-state index contributed by atoms with van der Waals surface area (Å²) < 4.78 is 39.3. The van der Waals surface area contributed by atoms with E-state index in [0.717, 1.165) is 0 Å². The maximum Gasteiger partial charge on any atom is 0.296 e. The molecule has 0 saturated heterocycles. The van der Waals surface area contributed by atoms with Gasteiger partial charge in [0, 0.05) is 17.1 Å². The molecule has 0 radical (unpaired) electrons. The number of phenolic OH excluding ortho intramolecular Hbond substituents is 1. The summed E-state index contributed by atoms with van der Waals surface area (Å²) in [6.07, 6.45) is 0.468. The largest absolute Gasteiger partial charge is 0.505 e. The lowest BCUT2D eigenvalue weighted by Crippen LogP contribution is -2.12. The Hall–Kier alpha value is -3.99. The van der Waals surface area contributed by atoms with E-state index < -0.39 is 26.7 Å². The molecular formula is C27H24ClN3O6S. The minimum atomic E-state index is -4.68. The van der Waals surface area contributed by atoms with Gasteiger partial charge in [0.25, 0.3) is 16.0 Å². The Morgan fingerprint density at radius 3 is 2.45 bits per heavy atom. The van der Waals surface area contributed by atoms with E-state index in [-0.39, 0.29) is 22.0 Å². The lowest BCUT2D eigenvalue weighted by molar-refractivity contribution is 0.102. The van der Waals surface area contributed by atoms with Gasteiger partial charge in [-0.2, -0.15) is 8.42 Å². The number of benzene rings is 4. The Balaban J connectivity index is 1.81. The molecular weight excluding hydrogens is 530 g/mol. The van der Waals surface area contributed by atoms with Gasteiger partial charge in [0.1, 0.15) is 22.0 Å². The summed E-state index contributed by atoms with van der Waals surface area (Å²) in [5.41, 5.74) is 0.576. The van der Waals surface area contributed by atoms with E-state index in [9.17, 15) is 22.9 Å². The average Bonchev–Trinajstić information content (AvgIpc) is 2.88. The maximum absolute atomic E-state index is 13.2. The number of nitrogens with one attached hydrogen (secondary N) is 1. The Morgan fingerprint density at radius 2 is 1.74 bits per heavy atom. The molecule has 0 saturated carbocycles. The molecule has 0 bridgehead atoms. The summed E-state index contributed by atoms with van der Waals surface area (Å²) in [4.78, 5) is 12.7. The first-order valence-electron chi connectivity index (χ1n) is 11.6. The van der Waals surface area contributed by atoms with E-state index in [1.807, 2.05) is 6.92 Å². The molecule has 1 amide bonds. The van der Waals surface area contributed by atoms with Gasteiger partial charge < -0.3 is 15.2 Å². The molecule has 38 heavy (non-hydrogen) atoms. The third kappa shape index (κ3) is 5.77. The van der Waals surface area contributed by atoms with E-state index >= 15 is 0 Å². The van der Waals surface area contributed by atoms with Crippen molar-refractivity contribution in [2.24, 2.45) is 10.2 Å². The fraction of sp³-hybridized carbons (Fsp3) is 0.148. The number of halogens is 1. The second-order valence-electron chi connectivity index (χ2n) is 8.21. The van der Waals surface area contributed by atoms with Crippen LogP contribution in [-0.4, -0.2) is 30.6 Å². The molecule has 4 aromatic rings. The van der Waals surface area contributed by atoms with Crippen molar-refractivity contribution < 1.29 is 27.6 Å². The van der Waals surface area contributed by atoms with Crippen LogP contribution in [0.15, 0.2) is 81.9 Å². The van der Waals surface area contributed by atoms with Crippen molar-refractivity contribution in [3.63, 3.8) is 0 Å². The van der Waals surface area contributed by atoms with Crippen molar-refractivity contribution in [3.05, 3.63) is 82.9 Å². The fourth-order valence-electron chi connectivity index (χ4n) is 3.85. The van der Waals surface area contributed by atoms with Crippen molar-refractivity contribution in [1.82, 2.24) is 0 Å². The summed E-state index contributed by atoms with van der Waals surface area (Å²) in [7, 11) is -4.68. The number of carbonyl (C=O) groups excluding carboxylic acids is 1. The van der Waals surface area contributed by atoms with Gasteiger partial charge in [0.2, 0.25) is 0 Å². The molecule has 0 aliphatic heterocycles. The Kier molecular flexibility index (Phi) is 7.96. The third-order valence-corrected chi connectivity index (χ3v) is 6.82. The van der Waals surface area contributed by atoms with E-state index in [2.05, 4.69) is 15.5 Å². The Bertz CT molecular complexity index is 1670. The zero-order valence-electron chi connectivity index (χ0n) is 20.5. The van der Waals surface area contributed by atoms with Crippen LogP contribution in [0.5, 0.6) is 11.5 Å². The highest BCUT2D eigenvalue weighted by molar-refractivity contribution is 7.86. The SMILES string of the molecule is CCOc1cccc(NC(=O)c2cc3ccccc3c(N=Nc3c(Cl)cc(CC)cc3S(=O)(=O)O)c2O)c1. The van der Waals surface area contributed by atoms with Crippen molar-refractivity contribution >= 4 is 55.5 Å². The van der Waals surface area contributed by atoms with E-state index in [4.69, 9.17) is 16.3 Å². The zero-order chi connectivity index (χ0) is 27.4. The standard InChI is InChI=1S/C27H24ClN3O6S/c1-3-16-12-22(28)25(23(13-16)38(34,35)36)31-30-24-20-11-6-5-8-17(20)14-21(26(24)32)27(33)29-18-9-7-10-19(15-18)37-4-2/h5-15,32H,3-4H2,1-2H3,(H,29,33)(H,34,35,36). The number of rotatable bonds is 8. The topological polar surface area (TPSA) is 138 Å². The van der Waals surface area contributed by atoms with Crippen LogP contribution in [0.1, 0.15) is 29.8 Å². The number of aromatic hydroxyl groups is 1. The lowest BCUT2D eigenvalue weighted by atomic mass is 10.0. The number of hydrogen-bond acceptors (Lipinski definition) is 7. The normalized spacial score (nSPS) is 11.7. The predicted octanol–water partition coefficient (Wildman–Crippen LogP) is 7.07. The highest BCUT2D eigenvalue weighted by Crippen LogP contribution is 2.41. The number of azo groups is 1. The summed E-state index contributed by atoms with van der Waals surface area (Å²) in [5.74, 6) is -0.508. The van der Waals surface area contributed by atoms with Crippen LogP contribution >= 0.6 is 11.6 Å². The molecule has 0 spiro atoms. The summed E-state index contributed by atoms with van der Waals surface area (Å²) in [5, 5.41) is 22.9. The first kappa shape index (κ1) is 27.1. The molecule has 11 heteroatoms. The number of phenols is 1. The van der Waals surface area contributed by atoms with E-state index in [1.54, 1.807) is 55.5 Å². The summed E-state index contributed by atoms with van der Waals surface area (Å²) in [6.45, 7) is 4.11. The van der Waals surface area contributed by atoms with Crippen molar-refractivity contribution in [2.45, 2.75) is 25.2 Å². The van der Waals surface area contributed by atoms with Gasteiger partial charge >= 0.3 is 0 Å². The minimum absolute atomic E-state index is 0.0485. The fourth-order valence-corrected chi connectivity index (χ4v) is 4.88. The second-order valence-corrected chi connectivity index (χ2v) is 10.0. The third-order valence-electron chi connectivity index (χ3n) is 5.67. The maximum atomic E-state index is 13.2. The molecule has 3 N–H and O–H groups in total. The monoisotopic (exact) mass is 553 g/mol. The number of hydrogen-bond donors (Lipinski definition) is 3. The smallest absolute Gasteiger partial charge is 0.296 e. The van der Waals surface area contributed by atoms with Gasteiger partial charge in [-0.05, 0) is 54.6 Å². The number of fused-ring (bicyclic) bond motifs is 1. The van der Waals surface area contributed by atoms with Crippen molar-refractivity contribution in [1.29, 1.82) is 0 Å². The molecule has 9 nitrogen and oxygen atoms in total. The quantitative estimate of drug-likeness (QED) is 0.157. The van der Waals surface area contributed by atoms with Gasteiger partial charge in [-0.15, -0.1) is 10.2 Å². The lowest BCUT2D eigenvalue weighted by Gasteiger charge is -2.12. The molecule has 0 aliphatic carbocycles. The zero-order valence-corrected chi connectivity index (χ0v) is 22.0. The van der Waals surface area contributed by atoms with Crippen LogP contribution < -0.4 is 10.1 Å². The highest BCUT2D eigenvalue weighted by atomic mass is 35.5. The van der Waals surface area contributed by atoms with Gasteiger partial charge in [-0.3, -0.25) is 9.35 Å². The van der Waals surface area contributed by atoms with Crippen molar-refractivity contribution in [2.75, 3.05) is 11.9 Å². The first-order chi connectivity index (χ1) is 18.1. The van der Waals surface area contributed by atoms with Crippen LogP contribution in [0.2, 0.25) is 5.02 Å². The number of aryl methyl sites for hydroxylation is 1. The van der Waals surface area contributed by atoms with E-state index in [1.165, 1.54) is 18.2 Å². The number of carbonyl (C=O) groups is 1. The van der Waals surface area contributed by atoms with Crippen LogP contribution in [0, 0.1) is 0 Å². The Morgan fingerprint density at radius 1 is 1.00 bits per heavy atom. The van der Waals surface area contributed by atoms with E-state index in [0.29, 0.717) is 40.8 Å². The van der Waals surface area contributed by atoms with Crippen LogP contribution in [0.25, 0.3) is 10.8 Å². The molecule has 0 fully saturated rings. The number of anilines is 1. The van der Waals surface area contributed by atoms with Gasteiger partial charge in [-0.1, -0.05) is 48.9 Å². The molecule has 0 atom stereocenters. The predicted molar refractivity (Wildman–Crippen MR) is 146 cm³/mol. The molecule has 4 aromatic carbocycles. The van der Waals surface area contributed by atoms with Gasteiger partial charge in [0.05, 0.1) is 17.2 Å². The molecule has 0 unspecified atom stereocenters.